The van der Waals surface area contributed by atoms with E-state index in [9.17, 15) is 4.39 Å². The molecule has 0 bridgehead atoms. The van der Waals surface area contributed by atoms with E-state index < -0.39 is 5.29 Å². The van der Waals surface area contributed by atoms with Crippen LogP contribution in [-0.2, 0) is 0 Å². The lowest BCUT2D eigenvalue weighted by Crippen LogP contribution is -1.73. The second-order valence-corrected chi connectivity index (χ2v) is 2.70. The predicted molar refractivity (Wildman–Crippen MR) is 43.8 cm³/mol. The molecule has 10 heavy (non-hydrogen) atoms. The Morgan fingerprint density at radius 3 is 2.60 bits per heavy atom. The van der Waals surface area contributed by atoms with E-state index in [1.54, 1.807) is 0 Å². The average molecular weight is 165 g/mol. The van der Waals surface area contributed by atoms with Gasteiger partial charge in [-0.25, -0.2) is 0 Å². The van der Waals surface area contributed by atoms with Crippen LogP contribution in [0.15, 0.2) is 11.4 Å². The molecular weight excluding hydrogens is 151 g/mol. The highest BCUT2D eigenvalue weighted by molar-refractivity contribution is 6.28. The van der Waals surface area contributed by atoms with Crippen molar-refractivity contribution < 1.29 is 4.39 Å². The van der Waals surface area contributed by atoms with Crippen LogP contribution in [-0.4, -0.2) is 0 Å². The van der Waals surface area contributed by atoms with Gasteiger partial charge in [0.2, 0.25) is 0 Å². The first-order valence-corrected chi connectivity index (χ1v) is 4.16. The monoisotopic (exact) mass is 164 g/mol. The zero-order chi connectivity index (χ0) is 7.82. The van der Waals surface area contributed by atoms with Gasteiger partial charge in [0.05, 0.1) is 0 Å². The molecule has 0 saturated carbocycles. The maximum absolute atomic E-state index is 11.8. The first-order chi connectivity index (χ1) is 4.77. The molecule has 0 spiro atoms. The molecule has 0 atom stereocenters. The fraction of sp³-hybridized carbons (Fsp3) is 0.750. The van der Waals surface area contributed by atoms with Gasteiger partial charge in [0.15, 0.2) is 5.29 Å². The van der Waals surface area contributed by atoms with Crippen LogP contribution in [0.3, 0.4) is 0 Å². The van der Waals surface area contributed by atoms with E-state index in [1.165, 1.54) is 25.3 Å². The molecular formula is C8H14ClF. The lowest BCUT2D eigenvalue weighted by Gasteiger charge is -1.92. The zero-order valence-corrected chi connectivity index (χ0v) is 7.12. The van der Waals surface area contributed by atoms with Gasteiger partial charge < -0.3 is 0 Å². The van der Waals surface area contributed by atoms with Gasteiger partial charge in [0, 0.05) is 0 Å². The minimum atomic E-state index is -0.573. The van der Waals surface area contributed by atoms with Gasteiger partial charge in [0.25, 0.3) is 0 Å². The minimum Gasteiger partial charge on any atom is -0.194 e. The third-order valence-electron chi connectivity index (χ3n) is 1.36. The number of unbranched alkanes of at least 4 members (excludes halogenated alkanes) is 4. The van der Waals surface area contributed by atoms with Crippen molar-refractivity contribution >= 4 is 11.6 Å². The quantitative estimate of drug-likeness (QED) is 0.539. The maximum atomic E-state index is 11.8. The molecule has 0 aromatic heterocycles. The van der Waals surface area contributed by atoms with Gasteiger partial charge >= 0.3 is 0 Å². The molecule has 0 aromatic carbocycles. The van der Waals surface area contributed by atoms with Crippen molar-refractivity contribution in [1.29, 1.82) is 0 Å². The summed E-state index contributed by atoms with van der Waals surface area (Å²) in [7, 11) is 0. The summed E-state index contributed by atoms with van der Waals surface area (Å²) in [5, 5.41) is -0.573. The number of halogens is 2. The molecule has 0 N–H and O–H groups in total. The number of rotatable bonds is 5. The largest absolute Gasteiger partial charge is 0.194 e. The highest BCUT2D eigenvalue weighted by Gasteiger charge is 1.87. The first kappa shape index (κ1) is 9.96. The molecule has 0 heterocycles. The van der Waals surface area contributed by atoms with Crippen LogP contribution in [0.4, 0.5) is 4.39 Å². The van der Waals surface area contributed by atoms with Gasteiger partial charge in [-0.3, -0.25) is 0 Å². The summed E-state index contributed by atoms with van der Waals surface area (Å²) in [6.45, 7) is 2.15. The fourth-order valence-corrected chi connectivity index (χ4v) is 0.891. The SMILES string of the molecule is CCCCCC/C=C(/F)Cl. The van der Waals surface area contributed by atoms with E-state index in [0.29, 0.717) is 0 Å². The Balaban J connectivity index is 2.98. The summed E-state index contributed by atoms with van der Waals surface area (Å²) < 4.78 is 11.8. The fourth-order valence-electron chi connectivity index (χ4n) is 0.782. The molecule has 0 fully saturated rings. The summed E-state index contributed by atoms with van der Waals surface area (Å²) in [6.07, 6.45) is 6.88. The van der Waals surface area contributed by atoms with E-state index in [1.807, 2.05) is 0 Å². The third-order valence-corrected chi connectivity index (χ3v) is 1.51. The van der Waals surface area contributed by atoms with Crippen molar-refractivity contribution in [3.63, 3.8) is 0 Å². The molecule has 2 heteroatoms. The summed E-state index contributed by atoms with van der Waals surface area (Å²) in [5.41, 5.74) is 0. The Kier molecular flexibility index (Phi) is 7.04. The second kappa shape index (κ2) is 7.07. The Morgan fingerprint density at radius 1 is 1.40 bits per heavy atom. The van der Waals surface area contributed by atoms with Crippen molar-refractivity contribution in [3.05, 3.63) is 11.4 Å². The van der Waals surface area contributed by atoms with Crippen molar-refractivity contribution in [3.8, 4) is 0 Å². The van der Waals surface area contributed by atoms with Crippen LogP contribution in [0.1, 0.15) is 39.0 Å². The Labute approximate surface area is 67.1 Å². The summed E-state index contributed by atoms with van der Waals surface area (Å²) in [6, 6.07) is 0. The molecule has 0 saturated heterocycles. The summed E-state index contributed by atoms with van der Waals surface area (Å²) in [4.78, 5) is 0. The number of allylic oxidation sites excluding steroid dienone is 1. The van der Waals surface area contributed by atoms with Crippen molar-refractivity contribution in [1.82, 2.24) is 0 Å². The van der Waals surface area contributed by atoms with Crippen molar-refractivity contribution in [2.24, 2.45) is 0 Å². The van der Waals surface area contributed by atoms with E-state index in [2.05, 4.69) is 6.92 Å². The van der Waals surface area contributed by atoms with Gasteiger partial charge in [-0.2, -0.15) is 4.39 Å². The first-order valence-electron chi connectivity index (χ1n) is 3.78. The van der Waals surface area contributed by atoms with Crippen LogP contribution in [0.25, 0.3) is 0 Å². The van der Waals surface area contributed by atoms with Crippen LogP contribution < -0.4 is 0 Å². The van der Waals surface area contributed by atoms with Crippen molar-refractivity contribution in [2.45, 2.75) is 39.0 Å². The molecule has 0 aliphatic carbocycles. The van der Waals surface area contributed by atoms with E-state index in [4.69, 9.17) is 11.6 Å². The number of hydrogen-bond acceptors (Lipinski definition) is 0. The normalized spacial score (nSPS) is 12.1. The molecule has 0 aliphatic rings. The molecule has 0 aliphatic heterocycles. The third kappa shape index (κ3) is 7.96. The average Bonchev–Trinajstić information content (AvgIpc) is 1.87. The minimum absolute atomic E-state index is 0.573. The van der Waals surface area contributed by atoms with E-state index in [-0.39, 0.29) is 0 Å². The van der Waals surface area contributed by atoms with E-state index in [0.717, 1.165) is 12.8 Å². The van der Waals surface area contributed by atoms with Crippen LogP contribution >= 0.6 is 11.6 Å². The second-order valence-electron chi connectivity index (χ2n) is 2.34. The van der Waals surface area contributed by atoms with Crippen molar-refractivity contribution in [2.75, 3.05) is 0 Å². The highest BCUT2D eigenvalue weighted by atomic mass is 35.5. The lowest BCUT2D eigenvalue weighted by atomic mass is 10.2. The lowest BCUT2D eigenvalue weighted by molar-refractivity contribution is 0.654. The van der Waals surface area contributed by atoms with E-state index >= 15 is 0 Å². The predicted octanol–water partition coefficient (Wildman–Crippen LogP) is 4.01. The van der Waals surface area contributed by atoms with Crippen LogP contribution in [0.5, 0.6) is 0 Å². The van der Waals surface area contributed by atoms with Gasteiger partial charge in [0.1, 0.15) is 0 Å². The maximum Gasteiger partial charge on any atom is 0.185 e. The Bertz CT molecular complexity index is 95.4. The van der Waals surface area contributed by atoms with Gasteiger partial charge in [-0.1, -0.05) is 37.8 Å². The standard InChI is InChI=1S/C8H14ClF/c1-2-3-4-5-6-7-8(9)10/h7H,2-6H2,1H3/b8-7+. The molecule has 0 unspecified atom stereocenters. The summed E-state index contributed by atoms with van der Waals surface area (Å²) >= 11 is 4.99. The molecule has 0 nitrogen and oxygen atoms in total. The van der Waals surface area contributed by atoms with Gasteiger partial charge in [-0.15, -0.1) is 0 Å². The molecule has 0 amide bonds. The van der Waals surface area contributed by atoms with Crippen LogP contribution in [0.2, 0.25) is 0 Å². The topological polar surface area (TPSA) is 0 Å². The smallest absolute Gasteiger partial charge is 0.185 e. The zero-order valence-electron chi connectivity index (χ0n) is 6.37. The Hall–Kier alpha value is -0.0400. The number of hydrogen-bond donors (Lipinski definition) is 0. The summed E-state index contributed by atoms with van der Waals surface area (Å²) in [5.74, 6) is 0. The Morgan fingerprint density at radius 2 is 2.10 bits per heavy atom. The molecule has 0 aromatic rings. The molecule has 0 rings (SSSR count). The molecule has 0 radical (unpaired) electrons. The molecule has 60 valence electrons. The van der Waals surface area contributed by atoms with Crippen LogP contribution in [0, 0.1) is 0 Å². The highest BCUT2D eigenvalue weighted by Crippen LogP contribution is 2.08. The van der Waals surface area contributed by atoms with Gasteiger partial charge in [-0.05, 0) is 18.9 Å².